The van der Waals surface area contributed by atoms with Gasteiger partial charge in [-0.2, -0.15) is 0 Å². The van der Waals surface area contributed by atoms with Gasteiger partial charge in [0.1, 0.15) is 11.6 Å². The van der Waals surface area contributed by atoms with Crippen molar-refractivity contribution in [3.05, 3.63) is 87.3 Å². The molecule has 1 aliphatic carbocycles. The van der Waals surface area contributed by atoms with E-state index in [4.69, 9.17) is 9.84 Å². The van der Waals surface area contributed by atoms with Gasteiger partial charge in [-0.25, -0.2) is 9.48 Å². The second-order valence-corrected chi connectivity index (χ2v) is 9.52. The molecule has 0 unspecified atom stereocenters. The molecule has 0 bridgehead atoms. The molecule has 0 amide bonds. The van der Waals surface area contributed by atoms with Crippen molar-refractivity contribution in [1.82, 2.24) is 9.78 Å². The average molecular weight is 460 g/mol. The van der Waals surface area contributed by atoms with Gasteiger partial charge in [-0.3, -0.25) is 14.7 Å². The number of carboxylic acids is 1. The van der Waals surface area contributed by atoms with E-state index in [0.29, 0.717) is 41.2 Å². The number of carbonyl (C=O) groups excluding carboxylic acids is 1. The van der Waals surface area contributed by atoms with E-state index in [1.165, 1.54) is 4.68 Å². The van der Waals surface area contributed by atoms with Crippen LogP contribution in [0.3, 0.4) is 0 Å². The summed E-state index contributed by atoms with van der Waals surface area (Å²) in [6.45, 7) is 3.68. The van der Waals surface area contributed by atoms with Crippen molar-refractivity contribution >= 4 is 17.6 Å². The van der Waals surface area contributed by atoms with Crippen molar-refractivity contribution in [2.75, 3.05) is 11.9 Å². The molecule has 174 valence electrons. The SMILES string of the molecule is CC1(C)CC(=O)C2=C(C1)Nc1[nH]n(-c3ccccc3)c(=O)c1[C@H]2c1ccc(OCC(=O)O)cc1. The third-order valence-corrected chi connectivity index (χ3v) is 6.29. The highest BCUT2D eigenvalue weighted by Gasteiger charge is 2.42. The standard InChI is InChI=1S/C26H25N3O5/c1-26(2)12-18-22(19(30)13-26)21(15-8-10-17(11-9-15)34-14-20(31)32)23-24(27-18)28-29(25(23)33)16-6-4-3-5-7-16/h3-11,21,27-28H,12-14H2,1-2H3,(H,31,32)/t21-/m0/s1. The van der Waals surface area contributed by atoms with Gasteiger partial charge in [0.15, 0.2) is 12.4 Å². The highest BCUT2D eigenvalue weighted by molar-refractivity contribution is 6.01. The van der Waals surface area contributed by atoms with Gasteiger partial charge in [0.05, 0.1) is 11.3 Å². The zero-order valence-electron chi connectivity index (χ0n) is 18.9. The first-order valence-corrected chi connectivity index (χ1v) is 11.1. The van der Waals surface area contributed by atoms with Gasteiger partial charge in [-0.05, 0) is 41.7 Å². The van der Waals surface area contributed by atoms with Crippen LogP contribution in [0.4, 0.5) is 5.82 Å². The fourth-order valence-electron chi connectivity index (χ4n) is 4.88. The smallest absolute Gasteiger partial charge is 0.341 e. The molecule has 3 aromatic rings. The molecule has 0 saturated heterocycles. The average Bonchev–Trinajstić information content (AvgIpc) is 3.12. The lowest BCUT2D eigenvalue weighted by Crippen LogP contribution is -2.35. The fourth-order valence-corrected chi connectivity index (χ4v) is 4.88. The summed E-state index contributed by atoms with van der Waals surface area (Å²) >= 11 is 0. The molecule has 1 aromatic heterocycles. The number of aliphatic carboxylic acids is 1. The summed E-state index contributed by atoms with van der Waals surface area (Å²) in [6, 6.07) is 16.2. The number of ether oxygens (including phenoxy) is 1. The number of Topliss-reactive ketones (excluding diaryl/α,β-unsaturated/α-hetero) is 1. The van der Waals surface area contributed by atoms with E-state index in [1.807, 2.05) is 30.3 Å². The molecule has 34 heavy (non-hydrogen) atoms. The number of benzene rings is 2. The Balaban J connectivity index is 1.64. The molecule has 8 heteroatoms. The molecule has 0 saturated carbocycles. The fraction of sp³-hybridized carbons (Fsp3) is 0.269. The summed E-state index contributed by atoms with van der Waals surface area (Å²) in [5.74, 6) is -0.605. The van der Waals surface area contributed by atoms with Crippen LogP contribution in [0.1, 0.15) is 43.7 Å². The van der Waals surface area contributed by atoms with E-state index < -0.39 is 18.5 Å². The van der Waals surface area contributed by atoms with Crippen LogP contribution >= 0.6 is 0 Å². The summed E-state index contributed by atoms with van der Waals surface area (Å²) < 4.78 is 6.75. The number of carbonyl (C=O) groups is 2. The van der Waals surface area contributed by atoms with Crippen LogP contribution < -0.4 is 15.6 Å². The van der Waals surface area contributed by atoms with Gasteiger partial charge < -0.3 is 15.2 Å². The zero-order chi connectivity index (χ0) is 24.0. The number of hydrogen-bond donors (Lipinski definition) is 3. The van der Waals surface area contributed by atoms with Gasteiger partial charge in [0.25, 0.3) is 5.56 Å². The number of nitrogens with one attached hydrogen (secondary N) is 2. The van der Waals surface area contributed by atoms with Crippen LogP contribution in [0.2, 0.25) is 0 Å². The quantitative estimate of drug-likeness (QED) is 0.534. The van der Waals surface area contributed by atoms with Crippen LogP contribution in [0.15, 0.2) is 70.7 Å². The van der Waals surface area contributed by atoms with Crippen molar-refractivity contribution in [2.45, 2.75) is 32.6 Å². The molecule has 2 aromatic carbocycles. The topological polar surface area (TPSA) is 113 Å². The number of para-hydroxylation sites is 1. The molecule has 0 radical (unpaired) electrons. The molecule has 8 nitrogen and oxygen atoms in total. The van der Waals surface area contributed by atoms with Gasteiger partial charge in [0.2, 0.25) is 0 Å². The Morgan fingerprint density at radius 3 is 2.47 bits per heavy atom. The molecule has 5 rings (SSSR count). The van der Waals surface area contributed by atoms with Crippen LogP contribution in [0.5, 0.6) is 5.75 Å². The predicted octanol–water partition coefficient (Wildman–Crippen LogP) is 3.83. The number of ketones is 1. The number of carboxylic acid groups (broad SMARTS) is 1. The molecular formula is C26H25N3O5. The first-order chi connectivity index (χ1) is 16.2. The highest BCUT2D eigenvalue weighted by atomic mass is 16.5. The molecule has 2 heterocycles. The monoisotopic (exact) mass is 459 g/mol. The van der Waals surface area contributed by atoms with Crippen LogP contribution in [0, 0.1) is 5.41 Å². The summed E-state index contributed by atoms with van der Waals surface area (Å²) in [6.07, 6.45) is 1.08. The maximum Gasteiger partial charge on any atom is 0.341 e. The normalized spacial score (nSPS) is 18.6. The number of hydrogen-bond acceptors (Lipinski definition) is 5. The molecule has 2 aliphatic rings. The summed E-state index contributed by atoms with van der Waals surface area (Å²) in [5.41, 5.74) is 2.96. The van der Waals surface area contributed by atoms with Crippen LogP contribution in [-0.2, 0) is 9.59 Å². The predicted molar refractivity (Wildman–Crippen MR) is 126 cm³/mol. The zero-order valence-corrected chi connectivity index (χ0v) is 18.9. The largest absolute Gasteiger partial charge is 0.482 e. The lowest BCUT2D eigenvalue weighted by molar-refractivity contribution is -0.139. The summed E-state index contributed by atoms with van der Waals surface area (Å²) in [7, 11) is 0. The Bertz CT molecular complexity index is 1360. The first kappa shape index (κ1) is 21.8. The molecule has 1 aliphatic heterocycles. The maximum atomic E-state index is 13.6. The summed E-state index contributed by atoms with van der Waals surface area (Å²) in [4.78, 5) is 37.8. The second-order valence-electron chi connectivity index (χ2n) is 9.52. The highest BCUT2D eigenvalue weighted by Crippen LogP contribution is 2.47. The van der Waals surface area contributed by atoms with Crippen LogP contribution in [-0.4, -0.2) is 33.2 Å². The molecule has 3 N–H and O–H groups in total. The van der Waals surface area contributed by atoms with Gasteiger partial charge in [-0.15, -0.1) is 0 Å². The van der Waals surface area contributed by atoms with Crippen molar-refractivity contribution in [3.8, 4) is 11.4 Å². The van der Waals surface area contributed by atoms with E-state index in [-0.39, 0.29) is 16.8 Å². The summed E-state index contributed by atoms with van der Waals surface area (Å²) in [5, 5.41) is 15.4. The Morgan fingerprint density at radius 2 is 1.79 bits per heavy atom. The Morgan fingerprint density at radius 1 is 1.09 bits per heavy atom. The number of H-pyrrole nitrogens is 1. The van der Waals surface area contributed by atoms with E-state index >= 15 is 0 Å². The first-order valence-electron chi connectivity index (χ1n) is 11.1. The number of aromatic nitrogens is 2. The minimum absolute atomic E-state index is 0.0208. The molecular weight excluding hydrogens is 434 g/mol. The van der Waals surface area contributed by atoms with Crippen molar-refractivity contribution in [1.29, 1.82) is 0 Å². The third-order valence-electron chi connectivity index (χ3n) is 6.29. The van der Waals surface area contributed by atoms with Gasteiger partial charge in [-0.1, -0.05) is 44.2 Å². The lowest BCUT2D eigenvalue weighted by atomic mass is 9.69. The minimum atomic E-state index is -1.06. The maximum absolute atomic E-state index is 13.6. The van der Waals surface area contributed by atoms with Crippen LogP contribution in [0.25, 0.3) is 5.69 Å². The molecule has 0 spiro atoms. The molecule has 0 fully saturated rings. The van der Waals surface area contributed by atoms with E-state index in [2.05, 4.69) is 24.3 Å². The number of aromatic amines is 1. The van der Waals surface area contributed by atoms with Crippen molar-refractivity contribution in [3.63, 3.8) is 0 Å². The van der Waals surface area contributed by atoms with E-state index in [0.717, 1.165) is 11.3 Å². The number of fused-ring (bicyclic) bond motifs is 1. The Hall–Kier alpha value is -4.07. The number of anilines is 1. The Kier molecular flexibility index (Phi) is 5.16. The van der Waals surface area contributed by atoms with Gasteiger partial charge >= 0.3 is 5.97 Å². The third kappa shape index (κ3) is 3.81. The molecule has 1 atom stereocenters. The van der Waals surface area contributed by atoms with Gasteiger partial charge in [0, 0.05) is 23.6 Å². The Labute approximate surface area is 195 Å². The second kappa shape index (κ2) is 8.06. The number of rotatable bonds is 5. The van der Waals surface area contributed by atoms with E-state index in [1.54, 1.807) is 24.3 Å². The van der Waals surface area contributed by atoms with E-state index in [9.17, 15) is 14.4 Å². The number of nitrogens with zero attached hydrogens (tertiary/aromatic N) is 1. The minimum Gasteiger partial charge on any atom is -0.482 e. The van der Waals surface area contributed by atoms with Crippen molar-refractivity contribution < 1.29 is 19.4 Å². The van der Waals surface area contributed by atoms with Crippen molar-refractivity contribution in [2.24, 2.45) is 5.41 Å². The number of allylic oxidation sites excluding steroid dienone is 2. The lowest BCUT2D eigenvalue weighted by Gasteiger charge is -2.37.